The molecule has 0 radical (unpaired) electrons. The second-order valence-electron chi connectivity index (χ2n) is 5.59. The maximum atomic E-state index is 3.61. The molecule has 1 aliphatic carbocycles. The molecule has 1 saturated carbocycles. The van der Waals surface area contributed by atoms with E-state index in [-0.39, 0.29) is 0 Å². The molecule has 96 valence electrons. The van der Waals surface area contributed by atoms with E-state index in [1.54, 1.807) is 0 Å². The van der Waals surface area contributed by atoms with Gasteiger partial charge in [0.1, 0.15) is 0 Å². The maximum absolute atomic E-state index is 3.61. The van der Waals surface area contributed by atoms with Crippen LogP contribution >= 0.6 is 0 Å². The maximum Gasteiger partial charge on any atom is 0.0223 e. The fourth-order valence-corrected chi connectivity index (χ4v) is 2.80. The van der Waals surface area contributed by atoms with E-state index in [0.29, 0.717) is 0 Å². The third kappa shape index (κ3) is 2.92. The molecule has 2 heteroatoms. The van der Waals surface area contributed by atoms with Crippen LogP contribution in [0.2, 0.25) is 0 Å². The summed E-state index contributed by atoms with van der Waals surface area (Å²) in [6.45, 7) is 12.3. The first kappa shape index (κ1) is 12.7. The Morgan fingerprint density at radius 1 is 1.41 bits per heavy atom. The molecule has 0 spiro atoms. The van der Waals surface area contributed by atoms with Gasteiger partial charge in [0.2, 0.25) is 0 Å². The Hall–Kier alpha value is -0.760. The van der Waals surface area contributed by atoms with Gasteiger partial charge in [-0.05, 0) is 63.6 Å². The summed E-state index contributed by atoms with van der Waals surface area (Å²) in [5.41, 5.74) is 4.28. The van der Waals surface area contributed by atoms with Crippen LogP contribution < -0.4 is 5.32 Å². The van der Waals surface area contributed by atoms with Gasteiger partial charge in [-0.1, -0.05) is 6.92 Å². The summed E-state index contributed by atoms with van der Waals surface area (Å²) >= 11 is 0. The van der Waals surface area contributed by atoms with Gasteiger partial charge in [-0.15, -0.1) is 0 Å². The highest BCUT2D eigenvalue weighted by molar-refractivity contribution is 5.26. The van der Waals surface area contributed by atoms with Crippen LogP contribution in [-0.4, -0.2) is 11.1 Å². The zero-order valence-corrected chi connectivity index (χ0v) is 11.7. The highest BCUT2D eigenvalue weighted by Gasteiger charge is 2.27. The third-order valence-electron chi connectivity index (χ3n) is 4.20. The van der Waals surface area contributed by atoms with Crippen LogP contribution in [0.4, 0.5) is 0 Å². The van der Waals surface area contributed by atoms with Crippen LogP contribution in [0.25, 0.3) is 0 Å². The number of hydrogen-bond acceptors (Lipinski definition) is 1. The van der Waals surface area contributed by atoms with Crippen molar-refractivity contribution in [3.8, 4) is 0 Å². The van der Waals surface area contributed by atoms with E-state index in [4.69, 9.17) is 0 Å². The van der Waals surface area contributed by atoms with Crippen molar-refractivity contribution in [3.05, 3.63) is 23.0 Å². The minimum Gasteiger partial charge on any atom is -0.349 e. The van der Waals surface area contributed by atoms with E-state index in [1.807, 2.05) is 0 Å². The summed E-state index contributed by atoms with van der Waals surface area (Å²) in [6.07, 6.45) is 2.90. The lowest BCUT2D eigenvalue weighted by Crippen LogP contribution is -2.22. The molecule has 0 aromatic carbocycles. The Balaban J connectivity index is 1.85. The summed E-state index contributed by atoms with van der Waals surface area (Å²) < 4.78 is 2.39. The molecule has 2 rings (SSSR count). The first-order chi connectivity index (χ1) is 8.13. The van der Waals surface area contributed by atoms with Crippen molar-refractivity contribution < 1.29 is 0 Å². The van der Waals surface area contributed by atoms with Crippen LogP contribution in [0.15, 0.2) is 6.07 Å². The van der Waals surface area contributed by atoms with E-state index in [9.17, 15) is 0 Å². The van der Waals surface area contributed by atoms with Gasteiger partial charge in [0.25, 0.3) is 0 Å². The summed E-state index contributed by atoms with van der Waals surface area (Å²) in [5, 5.41) is 3.61. The lowest BCUT2D eigenvalue weighted by atomic mass is 10.1. The van der Waals surface area contributed by atoms with Gasteiger partial charge in [0.15, 0.2) is 0 Å². The van der Waals surface area contributed by atoms with Crippen LogP contribution in [0.1, 0.15) is 43.6 Å². The van der Waals surface area contributed by atoms with Crippen molar-refractivity contribution >= 4 is 0 Å². The molecular weight excluding hydrogens is 208 g/mol. The molecule has 1 atom stereocenters. The zero-order chi connectivity index (χ0) is 12.4. The van der Waals surface area contributed by atoms with Gasteiger partial charge in [0, 0.05) is 24.5 Å². The molecule has 17 heavy (non-hydrogen) atoms. The van der Waals surface area contributed by atoms with E-state index in [1.165, 1.54) is 36.3 Å². The van der Waals surface area contributed by atoms with Crippen LogP contribution in [0, 0.1) is 25.7 Å². The predicted molar refractivity (Wildman–Crippen MR) is 73.2 cm³/mol. The topological polar surface area (TPSA) is 17.0 Å². The number of hydrogen-bond donors (Lipinski definition) is 1. The van der Waals surface area contributed by atoms with Crippen molar-refractivity contribution in [2.24, 2.45) is 11.8 Å². The lowest BCUT2D eigenvalue weighted by Gasteiger charge is -2.11. The largest absolute Gasteiger partial charge is 0.349 e. The minimum absolute atomic E-state index is 0.852. The summed E-state index contributed by atoms with van der Waals surface area (Å²) in [4.78, 5) is 0. The molecule has 1 unspecified atom stereocenters. The number of aromatic nitrogens is 1. The Kier molecular flexibility index (Phi) is 3.93. The molecule has 1 heterocycles. The Morgan fingerprint density at radius 3 is 2.65 bits per heavy atom. The summed E-state index contributed by atoms with van der Waals surface area (Å²) in [6, 6.07) is 2.33. The minimum atomic E-state index is 0.852. The number of nitrogens with one attached hydrogen (secondary N) is 1. The van der Waals surface area contributed by atoms with Crippen molar-refractivity contribution in [1.82, 2.24) is 9.88 Å². The second kappa shape index (κ2) is 5.26. The number of rotatable bonds is 6. The van der Waals surface area contributed by atoms with Gasteiger partial charge in [0.05, 0.1) is 0 Å². The quantitative estimate of drug-likeness (QED) is 0.799. The average Bonchev–Trinajstić information content (AvgIpc) is 3.08. The third-order valence-corrected chi connectivity index (χ3v) is 4.20. The fourth-order valence-electron chi connectivity index (χ4n) is 2.80. The zero-order valence-electron chi connectivity index (χ0n) is 11.7. The summed E-state index contributed by atoms with van der Waals surface area (Å²) in [7, 11) is 0. The van der Waals surface area contributed by atoms with Crippen molar-refractivity contribution in [3.63, 3.8) is 0 Å². The second-order valence-corrected chi connectivity index (χ2v) is 5.59. The first-order valence-corrected chi connectivity index (χ1v) is 6.99. The van der Waals surface area contributed by atoms with E-state index < -0.39 is 0 Å². The van der Waals surface area contributed by atoms with Gasteiger partial charge < -0.3 is 9.88 Å². The molecule has 1 aliphatic rings. The van der Waals surface area contributed by atoms with E-state index in [0.717, 1.165) is 24.9 Å². The lowest BCUT2D eigenvalue weighted by molar-refractivity contribution is 0.461. The van der Waals surface area contributed by atoms with E-state index >= 15 is 0 Å². The Bertz CT molecular complexity index is 375. The molecule has 1 fully saturated rings. The van der Waals surface area contributed by atoms with Crippen molar-refractivity contribution in [2.75, 3.05) is 6.54 Å². The molecule has 1 aromatic rings. The molecule has 0 saturated heterocycles. The molecule has 1 aromatic heterocycles. The van der Waals surface area contributed by atoms with Gasteiger partial charge >= 0.3 is 0 Å². The monoisotopic (exact) mass is 234 g/mol. The molecule has 0 aliphatic heterocycles. The molecule has 2 nitrogen and oxygen atoms in total. The average molecular weight is 234 g/mol. The van der Waals surface area contributed by atoms with Crippen molar-refractivity contribution in [1.29, 1.82) is 0 Å². The highest BCUT2D eigenvalue weighted by Crippen LogP contribution is 2.36. The number of nitrogens with zero attached hydrogens (tertiary/aromatic N) is 1. The number of aryl methyl sites for hydroxylation is 1. The van der Waals surface area contributed by atoms with Crippen LogP contribution in [0.3, 0.4) is 0 Å². The molecule has 1 N–H and O–H groups in total. The standard InChI is InChI=1S/C15H26N2/c1-5-17-12(3)8-15(13(17)4)10-16-9-11(2)14-6-7-14/h8,11,14,16H,5-7,9-10H2,1-4H3. The normalized spacial score (nSPS) is 17.4. The van der Waals surface area contributed by atoms with Crippen LogP contribution in [-0.2, 0) is 13.1 Å². The molecule has 0 bridgehead atoms. The van der Waals surface area contributed by atoms with Gasteiger partial charge in [-0.2, -0.15) is 0 Å². The van der Waals surface area contributed by atoms with Crippen molar-refractivity contribution in [2.45, 2.75) is 53.6 Å². The van der Waals surface area contributed by atoms with Gasteiger partial charge in [-0.3, -0.25) is 0 Å². The SMILES string of the molecule is CCn1c(C)cc(CNCC(C)C2CC2)c1C. The Labute approximate surface area is 105 Å². The highest BCUT2D eigenvalue weighted by atomic mass is 15.0. The van der Waals surface area contributed by atoms with Gasteiger partial charge in [-0.25, -0.2) is 0 Å². The Morgan fingerprint density at radius 2 is 2.12 bits per heavy atom. The van der Waals surface area contributed by atoms with E-state index in [2.05, 4.69) is 43.6 Å². The smallest absolute Gasteiger partial charge is 0.0223 e. The fraction of sp³-hybridized carbons (Fsp3) is 0.733. The predicted octanol–water partition coefficient (Wildman–Crippen LogP) is 3.26. The summed E-state index contributed by atoms with van der Waals surface area (Å²) in [5.74, 6) is 1.86. The molecular formula is C15H26N2. The van der Waals surface area contributed by atoms with Crippen LogP contribution in [0.5, 0.6) is 0 Å². The first-order valence-electron chi connectivity index (χ1n) is 6.99. The molecule has 0 amide bonds.